The van der Waals surface area contributed by atoms with Gasteiger partial charge in [-0.3, -0.25) is 0 Å². The van der Waals surface area contributed by atoms with Crippen LogP contribution in [0.25, 0.3) is 105 Å². The van der Waals surface area contributed by atoms with Crippen molar-refractivity contribution in [2.45, 2.75) is 0 Å². The molecule has 57 heavy (non-hydrogen) atoms. The van der Waals surface area contributed by atoms with Crippen LogP contribution < -0.4 is 0 Å². The number of para-hydroxylation sites is 1. The maximum Gasteiger partial charge on any atom is 0.0541 e. The Morgan fingerprint density at radius 1 is 0.211 bits per heavy atom. The first-order valence-electron chi connectivity index (χ1n) is 19.7. The van der Waals surface area contributed by atoms with Crippen molar-refractivity contribution in [1.29, 1.82) is 0 Å². The molecule has 0 bridgehead atoms. The zero-order valence-electron chi connectivity index (χ0n) is 31.3. The van der Waals surface area contributed by atoms with Gasteiger partial charge in [0.1, 0.15) is 0 Å². The van der Waals surface area contributed by atoms with Crippen LogP contribution in [0.1, 0.15) is 0 Å². The van der Waals surface area contributed by atoms with E-state index in [4.69, 9.17) is 0 Å². The molecule has 10 aromatic carbocycles. The first-order chi connectivity index (χ1) is 28.3. The van der Waals surface area contributed by atoms with Gasteiger partial charge in [0.25, 0.3) is 0 Å². The molecule has 266 valence electrons. The SMILES string of the molecule is c1ccc(-c2ccc(-c3ccc4c(c3)c3ccccc3n4-c3ccc(-c4c5ccccc5c(-c5ccccc5)c5cc(-c6ccccc6)ccc45)cc3)cc2)cc1. The van der Waals surface area contributed by atoms with Crippen LogP contribution in [0.5, 0.6) is 0 Å². The molecule has 1 aromatic heterocycles. The van der Waals surface area contributed by atoms with Gasteiger partial charge in [0, 0.05) is 16.5 Å². The van der Waals surface area contributed by atoms with Crippen molar-refractivity contribution >= 4 is 43.4 Å². The number of rotatable bonds is 6. The maximum atomic E-state index is 2.41. The van der Waals surface area contributed by atoms with Crippen molar-refractivity contribution in [3.05, 3.63) is 224 Å². The minimum atomic E-state index is 1.14. The van der Waals surface area contributed by atoms with Crippen molar-refractivity contribution in [2.75, 3.05) is 0 Å². The standard InChI is InChI=1S/C56H37N/c1-4-14-38(15-5-1)40-24-26-41(27-25-40)45-31-35-54-51(36-45)47-20-12-13-23-53(47)57(54)46-32-28-43(29-33-46)55-48-21-10-11-22-49(48)56(42-18-8-3-9-19-42)52-37-44(30-34-50(52)55)39-16-6-2-7-17-39/h1-37H. The molecule has 0 aliphatic rings. The average molecular weight is 724 g/mol. The van der Waals surface area contributed by atoms with E-state index >= 15 is 0 Å². The van der Waals surface area contributed by atoms with E-state index in [0.717, 1.165) is 5.69 Å². The fourth-order valence-corrected chi connectivity index (χ4v) is 8.91. The lowest BCUT2D eigenvalue weighted by molar-refractivity contribution is 1.18. The zero-order chi connectivity index (χ0) is 37.7. The second-order valence-corrected chi connectivity index (χ2v) is 14.9. The highest BCUT2D eigenvalue weighted by Gasteiger charge is 2.19. The predicted molar refractivity (Wildman–Crippen MR) is 243 cm³/mol. The molecule has 0 saturated heterocycles. The van der Waals surface area contributed by atoms with Crippen LogP contribution >= 0.6 is 0 Å². The van der Waals surface area contributed by atoms with Crippen LogP contribution in [0.2, 0.25) is 0 Å². The lowest BCUT2D eigenvalue weighted by Crippen LogP contribution is -1.95. The number of nitrogens with zero attached hydrogens (tertiary/aromatic N) is 1. The van der Waals surface area contributed by atoms with E-state index in [0.29, 0.717) is 0 Å². The van der Waals surface area contributed by atoms with Crippen molar-refractivity contribution in [3.63, 3.8) is 0 Å². The zero-order valence-corrected chi connectivity index (χ0v) is 31.3. The van der Waals surface area contributed by atoms with Gasteiger partial charge >= 0.3 is 0 Å². The van der Waals surface area contributed by atoms with Crippen LogP contribution in [0.3, 0.4) is 0 Å². The molecule has 0 unspecified atom stereocenters. The Labute approximate surface area is 332 Å². The second-order valence-electron chi connectivity index (χ2n) is 14.9. The third kappa shape index (κ3) is 5.63. The summed E-state index contributed by atoms with van der Waals surface area (Å²) < 4.78 is 2.41. The largest absolute Gasteiger partial charge is 0.309 e. The lowest BCUT2D eigenvalue weighted by Gasteiger charge is -2.19. The molecule has 11 rings (SSSR count). The highest BCUT2D eigenvalue weighted by molar-refractivity contribution is 6.22. The summed E-state index contributed by atoms with van der Waals surface area (Å²) >= 11 is 0. The lowest BCUT2D eigenvalue weighted by atomic mass is 9.85. The fraction of sp³-hybridized carbons (Fsp3) is 0. The van der Waals surface area contributed by atoms with Gasteiger partial charge in [0.05, 0.1) is 11.0 Å². The number of benzene rings is 10. The maximum absolute atomic E-state index is 2.41. The van der Waals surface area contributed by atoms with Gasteiger partial charge in [-0.05, 0) is 114 Å². The van der Waals surface area contributed by atoms with E-state index in [1.165, 1.54) is 99.0 Å². The van der Waals surface area contributed by atoms with Crippen molar-refractivity contribution in [1.82, 2.24) is 4.57 Å². The van der Waals surface area contributed by atoms with E-state index in [1.54, 1.807) is 0 Å². The molecule has 0 saturated carbocycles. The van der Waals surface area contributed by atoms with Crippen LogP contribution in [0.15, 0.2) is 224 Å². The van der Waals surface area contributed by atoms with Gasteiger partial charge in [-0.25, -0.2) is 0 Å². The van der Waals surface area contributed by atoms with Gasteiger partial charge in [-0.2, -0.15) is 0 Å². The number of fused-ring (bicyclic) bond motifs is 5. The van der Waals surface area contributed by atoms with E-state index in [-0.39, 0.29) is 0 Å². The summed E-state index contributed by atoms with van der Waals surface area (Å²) in [7, 11) is 0. The molecule has 11 aromatic rings. The minimum absolute atomic E-state index is 1.14. The Balaban J connectivity index is 1.05. The second kappa shape index (κ2) is 13.7. The molecule has 0 aliphatic heterocycles. The van der Waals surface area contributed by atoms with Gasteiger partial charge < -0.3 is 4.57 Å². The predicted octanol–water partition coefficient (Wildman–Crippen LogP) is 15.4. The van der Waals surface area contributed by atoms with Gasteiger partial charge in [-0.1, -0.05) is 188 Å². The highest BCUT2D eigenvalue weighted by atomic mass is 15.0. The van der Waals surface area contributed by atoms with E-state index in [2.05, 4.69) is 229 Å². The summed E-state index contributed by atoms with van der Waals surface area (Å²) in [6, 6.07) is 81.9. The first kappa shape index (κ1) is 32.9. The van der Waals surface area contributed by atoms with Gasteiger partial charge in [0.2, 0.25) is 0 Å². The summed E-state index contributed by atoms with van der Waals surface area (Å²) in [6.45, 7) is 0. The Morgan fingerprint density at radius 2 is 0.579 bits per heavy atom. The normalized spacial score (nSPS) is 11.5. The molecule has 0 N–H and O–H groups in total. The molecule has 0 amide bonds. The van der Waals surface area contributed by atoms with Gasteiger partial charge in [0.15, 0.2) is 0 Å². The number of hydrogen-bond donors (Lipinski definition) is 0. The molecule has 1 heteroatoms. The summed E-state index contributed by atoms with van der Waals surface area (Å²) in [4.78, 5) is 0. The van der Waals surface area contributed by atoms with Crippen molar-refractivity contribution < 1.29 is 0 Å². The van der Waals surface area contributed by atoms with E-state index < -0.39 is 0 Å². The summed E-state index contributed by atoms with van der Waals surface area (Å²) in [6.07, 6.45) is 0. The molecule has 0 atom stereocenters. The quantitative estimate of drug-likeness (QED) is 0.151. The fourth-order valence-electron chi connectivity index (χ4n) is 8.91. The molecular weight excluding hydrogens is 687 g/mol. The van der Waals surface area contributed by atoms with Crippen molar-refractivity contribution in [3.8, 4) is 61.3 Å². The third-order valence-corrected chi connectivity index (χ3v) is 11.6. The Morgan fingerprint density at radius 3 is 1.21 bits per heavy atom. The molecule has 0 fully saturated rings. The molecule has 1 heterocycles. The van der Waals surface area contributed by atoms with Crippen LogP contribution in [-0.2, 0) is 0 Å². The Hall–Kier alpha value is -7.48. The third-order valence-electron chi connectivity index (χ3n) is 11.6. The molecule has 0 spiro atoms. The summed E-state index contributed by atoms with van der Waals surface area (Å²) in [5, 5.41) is 7.53. The van der Waals surface area contributed by atoms with Crippen LogP contribution in [-0.4, -0.2) is 4.57 Å². The number of hydrogen-bond acceptors (Lipinski definition) is 0. The monoisotopic (exact) mass is 723 g/mol. The molecule has 0 radical (unpaired) electrons. The first-order valence-corrected chi connectivity index (χ1v) is 19.7. The smallest absolute Gasteiger partial charge is 0.0541 e. The Kier molecular flexibility index (Phi) is 7.89. The average Bonchev–Trinajstić information content (AvgIpc) is 3.62. The molecule has 0 aliphatic carbocycles. The van der Waals surface area contributed by atoms with E-state index in [9.17, 15) is 0 Å². The van der Waals surface area contributed by atoms with Crippen LogP contribution in [0.4, 0.5) is 0 Å². The topological polar surface area (TPSA) is 4.93 Å². The molecule has 1 nitrogen and oxygen atoms in total. The van der Waals surface area contributed by atoms with Crippen LogP contribution in [0, 0.1) is 0 Å². The Bertz CT molecular complexity index is 3230. The van der Waals surface area contributed by atoms with Crippen molar-refractivity contribution in [2.24, 2.45) is 0 Å². The summed E-state index contributed by atoms with van der Waals surface area (Å²) in [5.74, 6) is 0. The molecular formula is C56H37N. The summed E-state index contributed by atoms with van der Waals surface area (Å²) in [5.41, 5.74) is 15.8. The number of aromatic nitrogens is 1. The van der Waals surface area contributed by atoms with E-state index in [1.807, 2.05) is 0 Å². The minimum Gasteiger partial charge on any atom is -0.309 e. The van der Waals surface area contributed by atoms with Gasteiger partial charge in [-0.15, -0.1) is 0 Å². The highest BCUT2D eigenvalue weighted by Crippen LogP contribution is 2.45.